The van der Waals surface area contributed by atoms with Crippen molar-refractivity contribution in [3.63, 3.8) is 0 Å². The first kappa shape index (κ1) is 14.3. The van der Waals surface area contributed by atoms with Gasteiger partial charge in [0.05, 0.1) is 0 Å². The highest BCUT2D eigenvalue weighted by Crippen LogP contribution is 2.20. The number of nitrogens with two attached hydrogens (primary N) is 1. The Morgan fingerprint density at radius 1 is 1.16 bits per heavy atom. The Morgan fingerprint density at radius 2 is 1.89 bits per heavy atom. The lowest BCUT2D eigenvalue weighted by molar-refractivity contribution is 0.258. The van der Waals surface area contributed by atoms with Gasteiger partial charge in [-0.3, -0.25) is 4.90 Å². The van der Waals surface area contributed by atoms with Crippen LogP contribution >= 0.6 is 0 Å². The van der Waals surface area contributed by atoms with Crippen molar-refractivity contribution < 1.29 is 4.39 Å². The number of anilines is 1. The largest absolute Gasteiger partial charge is 0.369 e. The molecule has 0 bridgehead atoms. The molecule has 0 aliphatic carbocycles. The Morgan fingerprint density at radius 3 is 2.53 bits per heavy atom. The normalized spacial score (nSPS) is 16.9. The van der Waals surface area contributed by atoms with Crippen molar-refractivity contribution in [2.24, 2.45) is 5.73 Å². The minimum atomic E-state index is -0.156. The van der Waals surface area contributed by atoms with Gasteiger partial charge in [0.2, 0.25) is 0 Å². The third-order valence-corrected chi connectivity index (χ3v) is 3.65. The van der Waals surface area contributed by atoms with Crippen molar-refractivity contribution in [3.05, 3.63) is 29.6 Å². The Labute approximate surface area is 115 Å². The molecule has 1 fully saturated rings. The molecule has 1 aliphatic rings. The smallest absolute Gasteiger partial charge is 0.125 e. The van der Waals surface area contributed by atoms with Crippen LogP contribution in [0.1, 0.15) is 18.9 Å². The van der Waals surface area contributed by atoms with Crippen LogP contribution in [0.25, 0.3) is 0 Å². The maximum atomic E-state index is 13.6. The Bertz CT molecular complexity index is 400. The van der Waals surface area contributed by atoms with E-state index in [0.29, 0.717) is 6.54 Å². The molecule has 0 unspecified atom stereocenters. The molecule has 4 heteroatoms. The zero-order valence-electron chi connectivity index (χ0n) is 11.7. The Hall–Kier alpha value is -1.13. The number of piperazine rings is 1. The molecule has 2 N–H and O–H groups in total. The van der Waals surface area contributed by atoms with Crippen molar-refractivity contribution >= 4 is 5.69 Å². The Balaban J connectivity index is 2.02. The van der Waals surface area contributed by atoms with Crippen LogP contribution in [-0.4, -0.2) is 44.2 Å². The van der Waals surface area contributed by atoms with Crippen molar-refractivity contribution in [3.8, 4) is 0 Å². The fourth-order valence-corrected chi connectivity index (χ4v) is 2.67. The summed E-state index contributed by atoms with van der Waals surface area (Å²) in [6.45, 7) is 8.02. The molecule has 0 amide bonds. The summed E-state index contributed by atoms with van der Waals surface area (Å²) in [5, 5.41) is 0. The summed E-state index contributed by atoms with van der Waals surface area (Å²) in [6, 6.07) is 5.30. The van der Waals surface area contributed by atoms with E-state index in [2.05, 4.69) is 22.8 Å². The molecule has 1 aromatic rings. The lowest BCUT2D eigenvalue weighted by atomic mass is 10.1. The highest BCUT2D eigenvalue weighted by Gasteiger charge is 2.17. The van der Waals surface area contributed by atoms with Crippen molar-refractivity contribution in [1.82, 2.24) is 4.90 Å². The zero-order chi connectivity index (χ0) is 13.7. The van der Waals surface area contributed by atoms with E-state index in [1.54, 1.807) is 12.1 Å². The molecule has 2 rings (SSSR count). The predicted molar refractivity (Wildman–Crippen MR) is 78.1 cm³/mol. The van der Waals surface area contributed by atoms with Gasteiger partial charge in [0, 0.05) is 31.9 Å². The second kappa shape index (κ2) is 6.87. The first-order valence-corrected chi connectivity index (χ1v) is 7.19. The molecule has 19 heavy (non-hydrogen) atoms. The van der Waals surface area contributed by atoms with Gasteiger partial charge in [0.1, 0.15) is 5.82 Å². The highest BCUT2D eigenvalue weighted by atomic mass is 19.1. The summed E-state index contributed by atoms with van der Waals surface area (Å²) in [5.41, 5.74) is 7.54. The van der Waals surface area contributed by atoms with Crippen molar-refractivity contribution in [1.29, 1.82) is 0 Å². The monoisotopic (exact) mass is 265 g/mol. The topological polar surface area (TPSA) is 32.5 Å². The average molecular weight is 265 g/mol. The SMILES string of the molecule is CCCN1CCN(c2cc(F)cc(CCN)c2)CC1. The summed E-state index contributed by atoms with van der Waals surface area (Å²) in [4.78, 5) is 4.74. The third kappa shape index (κ3) is 3.91. The maximum absolute atomic E-state index is 13.6. The van der Waals surface area contributed by atoms with Crippen molar-refractivity contribution in [2.45, 2.75) is 19.8 Å². The molecule has 0 saturated carbocycles. The molecule has 106 valence electrons. The second-order valence-electron chi connectivity index (χ2n) is 5.19. The minimum Gasteiger partial charge on any atom is -0.369 e. The molecule has 0 radical (unpaired) electrons. The fraction of sp³-hybridized carbons (Fsp3) is 0.600. The van der Waals surface area contributed by atoms with E-state index in [1.807, 2.05) is 0 Å². The van der Waals surface area contributed by atoms with Crippen LogP contribution < -0.4 is 10.6 Å². The van der Waals surface area contributed by atoms with E-state index in [1.165, 1.54) is 6.42 Å². The summed E-state index contributed by atoms with van der Waals surface area (Å²) in [7, 11) is 0. The molecule has 1 aliphatic heterocycles. The van der Waals surface area contributed by atoms with Crippen molar-refractivity contribution in [2.75, 3.05) is 44.2 Å². The lowest BCUT2D eigenvalue weighted by Gasteiger charge is -2.36. The number of nitrogens with zero attached hydrogens (tertiary/aromatic N) is 2. The number of hydrogen-bond donors (Lipinski definition) is 1. The van der Waals surface area contributed by atoms with Gasteiger partial charge in [-0.2, -0.15) is 0 Å². The molecule has 3 nitrogen and oxygen atoms in total. The minimum absolute atomic E-state index is 0.156. The van der Waals surface area contributed by atoms with Gasteiger partial charge < -0.3 is 10.6 Å². The Kier molecular flexibility index (Phi) is 5.16. The van der Waals surface area contributed by atoms with E-state index in [-0.39, 0.29) is 5.82 Å². The van der Waals surface area contributed by atoms with Crippen LogP contribution in [0.3, 0.4) is 0 Å². The summed E-state index contributed by atoms with van der Waals surface area (Å²) in [6.07, 6.45) is 1.93. The molecular formula is C15H24FN3. The van der Waals surface area contributed by atoms with Gasteiger partial charge in [-0.05, 0) is 49.7 Å². The van der Waals surface area contributed by atoms with Gasteiger partial charge in [-0.25, -0.2) is 4.39 Å². The number of benzene rings is 1. The van der Waals surface area contributed by atoms with Crippen LogP contribution in [0.4, 0.5) is 10.1 Å². The number of hydrogen-bond acceptors (Lipinski definition) is 3. The summed E-state index contributed by atoms with van der Waals surface area (Å²) in [5.74, 6) is -0.156. The number of halogens is 1. The summed E-state index contributed by atoms with van der Waals surface area (Å²) >= 11 is 0. The van der Waals surface area contributed by atoms with Gasteiger partial charge >= 0.3 is 0 Å². The van der Waals surface area contributed by atoms with Crippen LogP contribution in [0.2, 0.25) is 0 Å². The van der Waals surface area contributed by atoms with Gasteiger partial charge in [0.25, 0.3) is 0 Å². The van der Waals surface area contributed by atoms with E-state index < -0.39 is 0 Å². The van der Waals surface area contributed by atoms with Gasteiger partial charge in [-0.15, -0.1) is 0 Å². The van der Waals surface area contributed by atoms with E-state index in [0.717, 1.165) is 50.4 Å². The van der Waals surface area contributed by atoms with Gasteiger partial charge in [-0.1, -0.05) is 6.92 Å². The molecule has 0 spiro atoms. The fourth-order valence-electron chi connectivity index (χ4n) is 2.67. The lowest BCUT2D eigenvalue weighted by Crippen LogP contribution is -2.46. The second-order valence-corrected chi connectivity index (χ2v) is 5.19. The molecule has 1 heterocycles. The predicted octanol–water partition coefficient (Wildman–Crippen LogP) is 1.86. The number of rotatable bonds is 5. The quantitative estimate of drug-likeness (QED) is 0.882. The molecule has 0 atom stereocenters. The highest BCUT2D eigenvalue weighted by molar-refractivity contribution is 5.49. The van der Waals surface area contributed by atoms with E-state index in [4.69, 9.17) is 5.73 Å². The first-order chi connectivity index (χ1) is 9.22. The van der Waals surface area contributed by atoms with Crippen LogP contribution in [0.5, 0.6) is 0 Å². The van der Waals surface area contributed by atoms with Gasteiger partial charge in [0.15, 0.2) is 0 Å². The standard InChI is InChI=1S/C15H24FN3/c1-2-5-18-6-8-19(9-7-18)15-11-13(3-4-17)10-14(16)12-15/h10-12H,2-9,17H2,1H3. The average Bonchev–Trinajstić information content (AvgIpc) is 2.40. The summed E-state index contributed by atoms with van der Waals surface area (Å²) < 4.78 is 13.6. The van der Waals surface area contributed by atoms with Crippen LogP contribution in [0, 0.1) is 5.82 Å². The van der Waals surface area contributed by atoms with Crippen LogP contribution in [-0.2, 0) is 6.42 Å². The van der Waals surface area contributed by atoms with E-state index >= 15 is 0 Å². The van der Waals surface area contributed by atoms with E-state index in [9.17, 15) is 4.39 Å². The van der Waals surface area contributed by atoms with Crippen LogP contribution in [0.15, 0.2) is 18.2 Å². The third-order valence-electron chi connectivity index (χ3n) is 3.65. The molecule has 1 saturated heterocycles. The first-order valence-electron chi connectivity index (χ1n) is 7.19. The molecule has 1 aromatic carbocycles. The maximum Gasteiger partial charge on any atom is 0.125 e. The molecular weight excluding hydrogens is 241 g/mol. The molecule has 0 aromatic heterocycles. The zero-order valence-corrected chi connectivity index (χ0v) is 11.7.